The van der Waals surface area contributed by atoms with Crippen LogP contribution < -0.4 is 10.6 Å². The van der Waals surface area contributed by atoms with E-state index in [-0.39, 0.29) is 17.0 Å². The number of fused-ring (bicyclic) bond motifs is 3. The van der Waals surface area contributed by atoms with Crippen molar-refractivity contribution in [1.82, 2.24) is 24.8 Å². The van der Waals surface area contributed by atoms with Crippen molar-refractivity contribution in [3.63, 3.8) is 0 Å². The molecule has 0 unspecified atom stereocenters. The lowest BCUT2D eigenvalue weighted by Crippen LogP contribution is -2.24. The summed E-state index contributed by atoms with van der Waals surface area (Å²) in [6.07, 6.45) is 2.78. The van der Waals surface area contributed by atoms with Gasteiger partial charge in [-0.05, 0) is 29.8 Å². The van der Waals surface area contributed by atoms with Crippen LogP contribution in [0.15, 0.2) is 64.2 Å². The highest BCUT2D eigenvalue weighted by Crippen LogP contribution is 2.31. The summed E-state index contributed by atoms with van der Waals surface area (Å²) in [5.74, 6) is 0.515. The predicted octanol–water partition coefficient (Wildman–Crippen LogP) is 3.15. The minimum Gasteiger partial charge on any atom is -0.418 e. The molecule has 10 nitrogen and oxygen atoms in total. The van der Waals surface area contributed by atoms with E-state index in [1.54, 1.807) is 25.5 Å². The molecule has 5 aromatic rings. The first kappa shape index (κ1) is 22.5. The molecule has 0 aliphatic rings. The Morgan fingerprint density at radius 3 is 2.66 bits per heavy atom. The van der Waals surface area contributed by atoms with E-state index in [1.165, 1.54) is 12.1 Å². The van der Waals surface area contributed by atoms with Crippen LogP contribution in [0.2, 0.25) is 0 Å². The molecule has 0 bridgehead atoms. The second kappa shape index (κ2) is 8.51. The Hall–Kier alpha value is -4.25. The highest BCUT2D eigenvalue weighted by molar-refractivity contribution is 7.90. The van der Waals surface area contributed by atoms with Gasteiger partial charge in [0.15, 0.2) is 21.2 Å². The summed E-state index contributed by atoms with van der Waals surface area (Å²) in [6, 6.07) is 13.5. The number of imidazole rings is 1. The second-order valence-corrected chi connectivity index (χ2v) is 10.1. The molecule has 0 saturated heterocycles. The number of nitrogens with zero attached hydrogens (tertiary/aromatic N) is 4. The minimum atomic E-state index is -3.53. The molecule has 178 valence electrons. The number of hydrogen-bond acceptors (Lipinski definition) is 8. The fourth-order valence-corrected chi connectivity index (χ4v) is 4.83. The molecule has 0 fully saturated rings. The first-order valence-corrected chi connectivity index (χ1v) is 12.6. The van der Waals surface area contributed by atoms with E-state index in [9.17, 15) is 13.2 Å². The van der Waals surface area contributed by atoms with Gasteiger partial charge < -0.3 is 19.6 Å². The number of benzene rings is 2. The molecule has 3 aromatic heterocycles. The second-order valence-electron chi connectivity index (χ2n) is 8.09. The van der Waals surface area contributed by atoms with E-state index in [2.05, 4.69) is 25.6 Å². The maximum absolute atomic E-state index is 12.7. The molecule has 0 saturated carbocycles. The molecule has 2 aromatic carbocycles. The number of sulfone groups is 1. The fourth-order valence-electron chi connectivity index (χ4n) is 3.95. The van der Waals surface area contributed by atoms with Crippen LogP contribution in [0.1, 0.15) is 15.9 Å². The first-order chi connectivity index (χ1) is 16.8. The number of pyridine rings is 1. The Bertz CT molecular complexity index is 1700. The van der Waals surface area contributed by atoms with Gasteiger partial charge in [-0.25, -0.2) is 18.4 Å². The van der Waals surface area contributed by atoms with Gasteiger partial charge in [-0.1, -0.05) is 24.3 Å². The molecule has 1 amide bonds. The van der Waals surface area contributed by atoms with Gasteiger partial charge in [-0.3, -0.25) is 4.79 Å². The summed E-state index contributed by atoms with van der Waals surface area (Å²) >= 11 is 0. The molecule has 0 aliphatic heterocycles. The van der Waals surface area contributed by atoms with E-state index >= 15 is 0 Å². The van der Waals surface area contributed by atoms with Gasteiger partial charge in [0, 0.05) is 32.5 Å². The van der Waals surface area contributed by atoms with Gasteiger partial charge in [0.1, 0.15) is 11.0 Å². The number of amides is 1. The summed E-state index contributed by atoms with van der Waals surface area (Å²) < 4.78 is 31.9. The molecule has 35 heavy (non-hydrogen) atoms. The van der Waals surface area contributed by atoms with Crippen LogP contribution in [0.5, 0.6) is 0 Å². The smallest absolute Gasteiger partial charge is 0.252 e. The van der Waals surface area contributed by atoms with Crippen LogP contribution in [0.25, 0.3) is 33.7 Å². The molecule has 0 aliphatic carbocycles. The average Bonchev–Trinajstić information content (AvgIpc) is 3.45. The monoisotopic (exact) mass is 490 g/mol. The first-order valence-electron chi connectivity index (χ1n) is 10.7. The van der Waals surface area contributed by atoms with Crippen molar-refractivity contribution in [3.8, 4) is 11.5 Å². The van der Waals surface area contributed by atoms with Crippen molar-refractivity contribution < 1.29 is 17.6 Å². The molecule has 3 heterocycles. The lowest BCUT2D eigenvalue weighted by molar-refractivity contribution is 0.0947. The van der Waals surface area contributed by atoms with Crippen molar-refractivity contribution in [2.45, 2.75) is 11.4 Å². The van der Waals surface area contributed by atoms with E-state index in [4.69, 9.17) is 4.42 Å². The molecular formula is C24H22N6O4S. The predicted molar refractivity (Wildman–Crippen MR) is 132 cm³/mol. The summed E-state index contributed by atoms with van der Waals surface area (Å²) in [7, 11) is 0.117. The quantitative estimate of drug-likeness (QED) is 0.371. The molecule has 0 atom stereocenters. The lowest BCUT2D eigenvalue weighted by atomic mass is 10.1. The summed E-state index contributed by atoms with van der Waals surface area (Å²) in [4.78, 5) is 26.3. The summed E-state index contributed by atoms with van der Waals surface area (Å²) in [5.41, 5.74) is 4.12. The van der Waals surface area contributed by atoms with Gasteiger partial charge in [0.2, 0.25) is 5.89 Å². The maximum Gasteiger partial charge on any atom is 0.252 e. The number of rotatable bonds is 6. The van der Waals surface area contributed by atoms with Crippen molar-refractivity contribution in [2.75, 3.05) is 18.6 Å². The Morgan fingerprint density at radius 1 is 1.09 bits per heavy atom. The van der Waals surface area contributed by atoms with Crippen molar-refractivity contribution in [2.24, 2.45) is 7.05 Å². The lowest BCUT2D eigenvalue weighted by Gasteiger charge is -2.09. The number of hydrogen-bond donors (Lipinski definition) is 2. The standard InChI is InChI=1S/C24H22N6O4S/c1-25-21-18-20(30(2)13-27-18)19-24(29-21)34-23(28-19)15-8-6-7-14(11-15)12-26-22(31)16-9-4-5-10-17(16)35(3,32)33/h4-11,13H,12H2,1-3H3,(H,25,29)(H,26,31). The number of nitrogens with one attached hydrogen (secondary N) is 2. The average molecular weight is 491 g/mol. The van der Waals surface area contributed by atoms with Crippen LogP contribution in [-0.2, 0) is 23.4 Å². The van der Waals surface area contributed by atoms with Crippen LogP contribution in [0, 0.1) is 0 Å². The number of aromatic nitrogens is 4. The number of carbonyl (C=O) groups is 1. The highest BCUT2D eigenvalue weighted by atomic mass is 32.2. The SMILES string of the molecule is CNc1nc2oc(-c3cccc(CNC(=O)c4ccccc4S(C)(=O)=O)c3)nc2c2c1ncn2C. The van der Waals surface area contributed by atoms with Gasteiger partial charge in [0.05, 0.1) is 16.8 Å². The van der Waals surface area contributed by atoms with Crippen molar-refractivity contribution >= 4 is 43.8 Å². The van der Waals surface area contributed by atoms with E-state index in [0.29, 0.717) is 34.0 Å². The maximum atomic E-state index is 12.7. The highest BCUT2D eigenvalue weighted by Gasteiger charge is 2.20. The van der Waals surface area contributed by atoms with E-state index in [0.717, 1.165) is 17.3 Å². The van der Waals surface area contributed by atoms with E-state index < -0.39 is 15.7 Å². The third-order valence-electron chi connectivity index (χ3n) is 5.60. The molecular weight excluding hydrogens is 468 g/mol. The normalized spacial score (nSPS) is 11.7. The summed E-state index contributed by atoms with van der Waals surface area (Å²) in [5, 5.41) is 5.82. The Morgan fingerprint density at radius 2 is 1.89 bits per heavy atom. The number of aryl methyl sites for hydroxylation is 1. The molecule has 11 heteroatoms. The van der Waals surface area contributed by atoms with Gasteiger partial charge in [-0.2, -0.15) is 4.98 Å². The molecule has 0 spiro atoms. The van der Waals surface area contributed by atoms with Gasteiger partial charge in [-0.15, -0.1) is 0 Å². The van der Waals surface area contributed by atoms with Crippen LogP contribution in [0.4, 0.5) is 5.82 Å². The largest absolute Gasteiger partial charge is 0.418 e. The van der Waals surface area contributed by atoms with Crippen molar-refractivity contribution in [3.05, 3.63) is 66.0 Å². The Labute approximate surface area is 200 Å². The Kier molecular flexibility index (Phi) is 5.48. The third kappa shape index (κ3) is 4.10. The molecule has 0 radical (unpaired) electrons. The Balaban J connectivity index is 1.44. The van der Waals surface area contributed by atoms with Gasteiger partial charge >= 0.3 is 0 Å². The fraction of sp³-hybridized carbons (Fsp3) is 0.167. The van der Waals surface area contributed by atoms with Gasteiger partial charge in [0.25, 0.3) is 11.6 Å². The number of carbonyl (C=O) groups excluding carboxylic acids is 1. The zero-order chi connectivity index (χ0) is 24.7. The van der Waals surface area contributed by atoms with Crippen LogP contribution >= 0.6 is 0 Å². The van der Waals surface area contributed by atoms with Crippen LogP contribution in [0.3, 0.4) is 0 Å². The minimum absolute atomic E-state index is 0.00681. The molecule has 5 rings (SSSR count). The third-order valence-corrected chi connectivity index (χ3v) is 6.76. The molecule has 2 N–H and O–H groups in total. The topological polar surface area (TPSA) is 132 Å². The summed E-state index contributed by atoms with van der Waals surface area (Å²) in [6.45, 7) is 0.194. The zero-order valence-corrected chi connectivity index (χ0v) is 20.0. The van der Waals surface area contributed by atoms with E-state index in [1.807, 2.05) is 35.9 Å². The number of anilines is 1. The van der Waals surface area contributed by atoms with Crippen LogP contribution in [-0.4, -0.2) is 47.1 Å². The zero-order valence-electron chi connectivity index (χ0n) is 19.2. The van der Waals surface area contributed by atoms with Crippen molar-refractivity contribution in [1.29, 1.82) is 0 Å². The number of oxazole rings is 1.